The van der Waals surface area contributed by atoms with Crippen LogP contribution in [0, 0.1) is 12.8 Å². The van der Waals surface area contributed by atoms with Gasteiger partial charge in [-0.3, -0.25) is 0 Å². The fourth-order valence-corrected chi connectivity index (χ4v) is 1.42. The van der Waals surface area contributed by atoms with Gasteiger partial charge in [-0.15, -0.1) is 12.4 Å². The molecule has 0 spiro atoms. The second-order valence-electron chi connectivity index (χ2n) is 4.10. The van der Waals surface area contributed by atoms with E-state index in [0.717, 1.165) is 30.5 Å². The molecule has 0 atom stereocenters. The molecule has 0 bridgehead atoms. The van der Waals surface area contributed by atoms with Gasteiger partial charge in [-0.2, -0.15) is 5.10 Å². The van der Waals surface area contributed by atoms with E-state index in [2.05, 4.69) is 37.3 Å². The van der Waals surface area contributed by atoms with Crippen molar-refractivity contribution in [1.29, 1.82) is 0 Å². The molecule has 15 heavy (non-hydrogen) atoms. The Hall–Kier alpha value is -0.700. The average Bonchev–Trinajstić information content (AvgIpc) is 2.45. The minimum absolute atomic E-state index is 0. The van der Waals surface area contributed by atoms with Crippen molar-refractivity contribution in [3.8, 4) is 0 Å². The number of nitrogens with one attached hydrogen (secondary N) is 1. The van der Waals surface area contributed by atoms with Gasteiger partial charge in [0.25, 0.3) is 0 Å². The van der Waals surface area contributed by atoms with E-state index < -0.39 is 0 Å². The average molecular weight is 232 g/mol. The molecule has 0 saturated carbocycles. The summed E-state index contributed by atoms with van der Waals surface area (Å²) in [6.07, 6.45) is 1.20. The van der Waals surface area contributed by atoms with E-state index in [1.54, 1.807) is 0 Å². The van der Waals surface area contributed by atoms with Crippen molar-refractivity contribution in [2.24, 2.45) is 5.92 Å². The minimum Gasteiger partial charge on any atom is -0.370 e. The van der Waals surface area contributed by atoms with Gasteiger partial charge < -0.3 is 5.32 Å². The molecule has 0 saturated heterocycles. The molecule has 1 aromatic rings. The van der Waals surface area contributed by atoms with Crippen LogP contribution in [0.2, 0.25) is 0 Å². The smallest absolute Gasteiger partial charge is 0.124 e. The molecule has 4 heteroatoms. The molecule has 1 heterocycles. The van der Waals surface area contributed by atoms with Crippen molar-refractivity contribution in [2.75, 3.05) is 11.9 Å². The topological polar surface area (TPSA) is 29.9 Å². The number of hydrogen-bond acceptors (Lipinski definition) is 2. The highest BCUT2D eigenvalue weighted by atomic mass is 35.5. The maximum absolute atomic E-state index is 4.38. The third kappa shape index (κ3) is 4.56. The summed E-state index contributed by atoms with van der Waals surface area (Å²) in [7, 11) is 0. The second-order valence-corrected chi connectivity index (χ2v) is 4.10. The second kappa shape index (κ2) is 6.72. The van der Waals surface area contributed by atoms with E-state index in [1.807, 2.05) is 11.6 Å². The van der Waals surface area contributed by atoms with Crippen molar-refractivity contribution < 1.29 is 0 Å². The molecular formula is C11H22ClN3. The van der Waals surface area contributed by atoms with Gasteiger partial charge in [0.1, 0.15) is 5.82 Å². The molecule has 1 aromatic heterocycles. The zero-order valence-electron chi connectivity index (χ0n) is 10.1. The number of nitrogens with zero attached hydrogens (tertiary/aromatic N) is 2. The van der Waals surface area contributed by atoms with E-state index in [-0.39, 0.29) is 12.4 Å². The summed E-state index contributed by atoms with van der Waals surface area (Å²) >= 11 is 0. The predicted octanol–water partition coefficient (Wildman–Crippen LogP) is 3.09. The fourth-order valence-electron chi connectivity index (χ4n) is 1.42. The largest absolute Gasteiger partial charge is 0.370 e. The summed E-state index contributed by atoms with van der Waals surface area (Å²) in [6.45, 7) is 10.6. The molecule has 3 nitrogen and oxygen atoms in total. The van der Waals surface area contributed by atoms with Crippen LogP contribution < -0.4 is 5.32 Å². The first-order chi connectivity index (χ1) is 6.63. The Balaban J connectivity index is 0.00000196. The molecule has 0 aliphatic rings. The summed E-state index contributed by atoms with van der Waals surface area (Å²) in [4.78, 5) is 0. The molecule has 88 valence electrons. The Kier molecular flexibility index (Phi) is 6.41. The van der Waals surface area contributed by atoms with Crippen LogP contribution >= 0.6 is 12.4 Å². The molecule has 1 N–H and O–H groups in total. The molecular weight excluding hydrogens is 210 g/mol. The van der Waals surface area contributed by atoms with Gasteiger partial charge in [-0.1, -0.05) is 13.8 Å². The molecule has 0 aliphatic carbocycles. The Bertz CT molecular complexity index is 281. The van der Waals surface area contributed by atoms with Crippen molar-refractivity contribution >= 4 is 18.2 Å². The van der Waals surface area contributed by atoms with Crippen LogP contribution in [0.3, 0.4) is 0 Å². The zero-order valence-corrected chi connectivity index (χ0v) is 10.9. The van der Waals surface area contributed by atoms with Gasteiger partial charge in [-0.05, 0) is 26.2 Å². The zero-order chi connectivity index (χ0) is 10.6. The fraction of sp³-hybridized carbons (Fsp3) is 0.727. The van der Waals surface area contributed by atoms with Crippen LogP contribution in [0.15, 0.2) is 6.07 Å². The summed E-state index contributed by atoms with van der Waals surface area (Å²) in [5, 5.41) is 7.80. The highest BCUT2D eigenvalue weighted by Gasteiger charge is 2.02. The van der Waals surface area contributed by atoms with E-state index >= 15 is 0 Å². The van der Waals surface area contributed by atoms with Gasteiger partial charge >= 0.3 is 0 Å². The highest BCUT2D eigenvalue weighted by molar-refractivity contribution is 5.85. The predicted molar refractivity (Wildman–Crippen MR) is 67.8 cm³/mol. The van der Waals surface area contributed by atoms with E-state index in [0.29, 0.717) is 0 Å². The van der Waals surface area contributed by atoms with Crippen LogP contribution in [0.1, 0.15) is 32.9 Å². The lowest BCUT2D eigenvalue weighted by atomic mass is 10.1. The van der Waals surface area contributed by atoms with Gasteiger partial charge in [0.15, 0.2) is 0 Å². The third-order valence-electron chi connectivity index (χ3n) is 2.23. The number of hydrogen-bond donors (Lipinski definition) is 1. The Morgan fingerprint density at radius 1 is 1.47 bits per heavy atom. The van der Waals surface area contributed by atoms with Crippen molar-refractivity contribution in [1.82, 2.24) is 9.78 Å². The SMILES string of the molecule is CCn1nc(C)cc1NCCC(C)C.Cl. The van der Waals surface area contributed by atoms with Crippen LogP contribution in [-0.4, -0.2) is 16.3 Å². The molecule has 0 aromatic carbocycles. The number of halogens is 1. The summed E-state index contributed by atoms with van der Waals surface area (Å²) in [6, 6.07) is 2.10. The number of aromatic nitrogens is 2. The van der Waals surface area contributed by atoms with Crippen LogP contribution in [0.5, 0.6) is 0 Å². The standard InChI is InChI=1S/C11H21N3.ClH/c1-5-14-11(8-10(4)13-14)12-7-6-9(2)3;/h8-9,12H,5-7H2,1-4H3;1H. The first kappa shape index (κ1) is 14.3. The number of rotatable bonds is 5. The van der Waals surface area contributed by atoms with Crippen LogP contribution in [0.4, 0.5) is 5.82 Å². The maximum Gasteiger partial charge on any atom is 0.124 e. The first-order valence-corrected chi connectivity index (χ1v) is 5.41. The Morgan fingerprint density at radius 2 is 2.13 bits per heavy atom. The first-order valence-electron chi connectivity index (χ1n) is 5.41. The van der Waals surface area contributed by atoms with Crippen LogP contribution in [-0.2, 0) is 6.54 Å². The number of aryl methyl sites for hydroxylation is 2. The Morgan fingerprint density at radius 3 is 2.67 bits per heavy atom. The molecule has 0 radical (unpaired) electrons. The van der Waals surface area contributed by atoms with Gasteiger partial charge in [0, 0.05) is 19.2 Å². The summed E-state index contributed by atoms with van der Waals surface area (Å²) in [5.41, 5.74) is 1.08. The van der Waals surface area contributed by atoms with E-state index in [4.69, 9.17) is 0 Å². The van der Waals surface area contributed by atoms with Crippen molar-refractivity contribution in [3.05, 3.63) is 11.8 Å². The summed E-state index contributed by atoms with van der Waals surface area (Å²) in [5.74, 6) is 1.90. The van der Waals surface area contributed by atoms with Gasteiger partial charge in [-0.25, -0.2) is 4.68 Å². The lowest BCUT2D eigenvalue weighted by Crippen LogP contribution is -2.09. The van der Waals surface area contributed by atoms with Gasteiger partial charge in [0.2, 0.25) is 0 Å². The van der Waals surface area contributed by atoms with Crippen molar-refractivity contribution in [3.63, 3.8) is 0 Å². The monoisotopic (exact) mass is 231 g/mol. The Labute approximate surface area is 98.7 Å². The van der Waals surface area contributed by atoms with E-state index in [9.17, 15) is 0 Å². The quantitative estimate of drug-likeness (QED) is 0.844. The minimum atomic E-state index is 0. The number of anilines is 1. The third-order valence-corrected chi connectivity index (χ3v) is 2.23. The lowest BCUT2D eigenvalue weighted by molar-refractivity contribution is 0.599. The molecule has 0 fully saturated rings. The summed E-state index contributed by atoms with van der Waals surface area (Å²) < 4.78 is 2.01. The molecule has 0 aliphatic heterocycles. The lowest BCUT2D eigenvalue weighted by Gasteiger charge is -2.09. The molecule has 1 rings (SSSR count). The molecule has 0 unspecified atom stereocenters. The van der Waals surface area contributed by atoms with Gasteiger partial charge in [0.05, 0.1) is 5.69 Å². The maximum atomic E-state index is 4.38. The highest BCUT2D eigenvalue weighted by Crippen LogP contribution is 2.10. The van der Waals surface area contributed by atoms with E-state index in [1.165, 1.54) is 6.42 Å². The van der Waals surface area contributed by atoms with Crippen molar-refractivity contribution in [2.45, 2.75) is 40.7 Å². The van der Waals surface area contributed by atoms with Crippen LogP contribution in [0.25, 0.3) is 0 Å². The molecule has 0 amide bonds. The normalized spacial score (nSPS) is 10.2.